The predicted molar refractivity (Wildman–Crippen MR) is 75.5 cm³/mol. The van der Waals surface area contributed by atoms with Gasteiger partial charge in [0.1, 0.15) is 5.78 Å². The Kier molecular flexibility index (Phi) is 6.18. The fourth-order valence-electron chi connectivity index (χ4n) is 1.70. The number of sulfonamides is 1. The van der Waals surface area contributed by atoms with Crippen molar-refractivity contribution in [2.45, 2.75) is 44.4 Å². The SMILES string of the molecule is CCCNS(=O)(=O)c1ccc(CC(=O)CCC)cc1. The first kappa shape index (κ1) is 15.9. The van der Waals surface area contributed by atoms with Crippen molar-refractivity contribution in [2.24, 2.45) is 0 Å². The molecule has 0 fully saturated rings. The average Bonchev–Trinajstić information content (AvgIpc) is 2.37. The van der Waals surface area contributed by atoms with Crippen molar-refractivity contribution in [3.05, 3.63) is 29.8 Å². The molecule has 0 unspecified atom stereocenters. The molecule has 1 aromatic rings. The maximum atomic E-state index is 11.8. The molecule has 1 aromatic carbocycles. The number of carbonyl (C=O) groups is 1. The van der Waals surface area contributed by atoms with Crippen LogP contribution in [0.15, 0.2) is 29.2 Å². The molecule has 0 heterocycles. The normalized spacial score (nSPS) is 11.5. The van der Waals surface area contributed by atoms with Crippen molar-refractivity contribution >= 4 is 15.8 Å². The molecular weight excluding hydrogens is 262 g/mol. The van der Waals surface area contributed by atoms with Crippen LogP contribution in [-0.4, -0.2) is 20.7 Å². The van der Waals surface area contributed by atoms with E-state index < -0.39 is 10.0 Å². The summed E-state index contributed by atoms with van der Waals surface area (Å²) >= 11 is 0. The summed E-state index contributed by atoms with van der Waals surface area (Å²) in [7, 11) is -3.41. The van der Waals surface area contributed by atoms with E-state index in [-0.39, 0.29) is 10.7 Å². The van der Waals surface area contributed by atoms with Crippen molar-refractivity contribution in [3.63, 3.8) is 0 Å². The number of carbonyl (C=O) groups excluding carboxylic acids is 1. The van der Waals surface area contributed by atoms with E-state index in [0.717, 1.165) is 18.4 Å². The van der Waals surface area contributed by atoms with Crippen LogP contribution >= 0.6 is 0 Å². The van der Waals surface area contributed by atoms with Crippen LogP contribution in [0.4, 0.5) is 0 Å². The van der Waals surface area contributed by atoms with Crippen LogP contribution in [0.2, 0.25) is 0 Å². The predicted octanol–water partition coefficient (Wildman–Crippen LogP) is 2.29. The van der Waals surface area contributed by atoms with E-state index in [1.807, 2.05) is 13.8 Å². The molecule has 0 aliphatic heterocycles. The maximum absolute atomic E-state index is 11.8. The molecule has 0 radical (unpaired) electrons. The lowest BCUT2D eigenvalue weighted by Crippen LogP contribution is -2.24. The Labute approximate surface area is 115 Å². The summed E-state index contributed by atoms with van der Waals surface area (Å²) in [6.07, 6.45) is 2.53. The highest BCUT2D eigenvalue weighted by molar-refractivity contribution is 7.89. The van der Waals surface area contributed by atoms with Gasteiger partial charge in [-0.25, -0.2) is 13.1 Å². The van der Waals surface area contributed by atoms with Crippen molar-refractivity contribution in [1.82, 2.24) is 4.72 Å². The van der Waals surface area contributed by atoms with Gasteiger partial charge in [0, 0.05) is 19.4 Å². The number of hydrogen-bond donors (Lipinski definition) is 1. The van der Waals surface area contributed by atoms with Crippen LogP contribution in [0, 0.1) is 0 Å². The maximum Gasteiger partial charge on any atom is 0.240 e. The van der Waals surface area contributed by atoms with Crippen LogP contribution in [0.1, 0.15) is 38.7 Å². The molecule has 1 N–H and O–H groups in total. The zero-order chi connectivity index (χ0) is 14.3. The number of ketones is 1. The lowest BCUT2D eigenvalue weighted by molar-refractivity contribution is -0.118. The minimum absolute atomic E-state index is 0.183. The van der Waals surface area contributed by atoms with Crippen LogP contribution in [-0.2, 0) is 21.2 Å². The van der Waals surface area contributed by atoms with Crippen LogP contribution in [0.3, 0.4) is 0 Å². The van der Waals surface area contributed by atoms with E-state index in [1.54, 1.807) is 24.3 Å². The van der Waals surface area contributed by atoms with Gasteiger partial charge < -0.3 is 0 Å². The molecule has 106 valence electrons. The Hall–Kier alpha value is -1.20. The van der Waals surface area contributed by atoms with Gasteiger partial charge in [-0.2, -0.15) is 0 Å². The van der Waals surface area contributed by atoms with Crippen LogP contribution < -0.4 is 4.72 Å². The second-order valence-electron chi connectivity index (χ2n) is 4.51. The second-order valence-corrected chi connectivity index (χ2v) is 6.27. The highest BCUT2D eigenvalue weighted by Crippen LogP contribution is 2.11. The molecule has 0 saturated heterocycles. The first-order chi connectivity index (χ1) is 8.99. The van der Waals surface area contributed by atoms with E-state index in [2.05, 4.69) is 4.72 Å². The Balaban J connectivity index is 2.73. The van der Waals surface area contributed by atoms with E-state index in [4.69, 9.17) is 0 Å². The quantitative estimate of drug-likeness (QED) is 0.796. The number of rotatable bonds is 8. The molecule has 0 aromatic heterocycles. The smallest absolute Gasteiger partial charge is 0.240 e. The first-order valence-corrected chi connectivity index (χ1v) is 8.08. The molecule has 0 amide bonds. The monoisotopic (exact) mass is 283 g/mol. The summed E-state index contributed by atoms with van der Waals surface area (Å²) in [5.41, 5.74) is 0.855. The van der Waals surface area contributed by atoms with Crippen molar-refractivity contribution in [3.8, 4) is 0 Å². The van der Waals surface area contributed by atoms with Gasteiger partial charge in [-0.15, -0.1) is 0 Å². The van der Waals surface area contributed by atoms with Gasteiger partial charge in [-0.05, 0) is 30.5 Å². The molecular formula is C14H21NO3S. The fraction of sp³-hybridized carbons (Fsp3) is 0.500. The second kappa shape index (κ2) is 7.40. The molecule has 0 spiro atoms. The van der Waals surface area contributed by atoms with E-state index in [9.17, 15) is 13.2 Å². The van der Waals surface area contributed by atoms with Gasteiger partial charge in [-0.1, -0.05) is 26.0 Å². The Morgan fingerprint density at radius 3 is 2.26 bits per heavy atom. The third-order valence-electron chi connectivity index (χ3n) is 2.71. The van der Waals surface area contributed by atoms with E-state index in [1.165, 1.54) is 0 Å². The molecule has 0 aliphatic carbocycles. The zero-order valence-electron chi connectivity index (χ0n) is 11.5. The third kappa shape index (κ3) is 5.12. The standard InChI is InChI=1S/C14H21NO3S/c1-3-5-13(16)11-12-6-8-14(9-7-12)19(17,18)15-10-4-2/h6-9,15H,3-5,10-11H2,1-2H3. The molecule has 0 aliphatic rings. The number of nitrogens with one attached hydrogen (secondary N) is 1. The largest absolute Gasteiger partial charge is 0.299 e. The summed E-state index contributed by atoms with van der Waals surface area (Å²) in [6, 6.07) is 6.50. The highest BCUT2D eigenvalue weighted by Gasteiger charge is 2.12. The van der Waals surface area contributed by atoms with E-state index in [0.29, 0.717) is 19.4 Å². The average molecular weight is 283 g/mol. The van der Waals surface area contributed by atoms with Gasteiger partial charge in [-0.3, -0.25) is 4.79 Å². The highest BCUT2D eigenvalue weighted by atomic mass is 32.2. The van der Waals surface area contributed by atoms with Gasteiger partial charge in [0.15, 0.2) is 0 Å². The van der Waals surface area contributed by atoms with Crippen molar-refractivity contribution in [2.75, 3.05) is 6.54 Å². The Bertz CT molecular complexity index is 506. The Morgan fingerprint density at radius 2 is 1.74 bits per heavy atom. The van der Waals surface area contributed by atoms with Crippen LogP contribution in [0.5, 0.6) is 0 Å². The summed E-state index contributed by atoms with van der Waals surface area (Å²) in [6.45, 7) is 4.30. The molecule has 0 saturated carbocycles. The molecule has 0 atom stereocenters. The fourth-order valence-corrected chi connectivity index (χ4v) is 2.84. The first-order valence-electron chi connectivity index (χ1n) is 6.60. The third-order valence-corrected chi connectivity index (χ3v) is 4.18. The van der Waals surface area contributed by atoms with Crippen LogP contribution in [0.25, 0.3) is 0 Å². The summed E-state index contributed by atoms with van der Waals surface area (Å²) in [4.78, 5) is 11.7. The topological polar surface area (TPSA) is 63.2 Å². The summed E-state index contributed by atoms with van der Waals surface area (Å²) in [5.74, 6) is 0.183. The van der Waals surface area contributed by atoms with E-state index >= 15 is 0 Å². The van der Waals surface area contributed by atoms with Gasteiger partial charge in [0.05, 0.1) is 4.90 Å². The summed E-state index contributed by atoms with van der Waals surface area (Å²) in [5, 5.41) is 0. The zero-order valence-corrected chi connectivity index (χ0v) is 12.3. The lowest BCUT2D eigenvalue weighted by Gasteiger charge is -2.06. The van der Waals surface area contributed by atoms with Crippen molar-refractivity contribution < 1.29 is 13.2 Å². The number of hydrogen-bond acceptors (Lipinski definition) is 3. The molecule has 0 bridgehead atoms. The lowest BCUT2D eigenvalue weighted by atomic mass is 10.1. The molecule has 1 rings (SSSR count). The van der Waals surface area contributed by atoms with Gasteiger partial charge in [0.2, 0.25) is 10.0 Å². The summed E-state index contributed by atoms with van der Waals surface area (Å²) < 4.78 is 26.2. The van der Waals surface area contributed by atoms with Gasteiger partial charge in [0.25, 0.3) is 0 Å². The number of Topliss-reactive ketones (excluding diaryl/α,β-unsaturated/α-hetero) is 1. The molecule has 5 heteroatoms. The molecule has 4 nitrogen and oxygen atoms in total. The minimum Gasteiger partial charge on any atom is -0.299 e. The Morgan fingerprint density at radius 1 is 1.11 bits per heavy atom. The molecule has 19 heavy (non-hydrogen) atoms. The minimum atomic E-state index is -3.41. The van der Waals surface area contributed by atoms with Crippen molar-refractivity contribution in [1.29, 1.82) is 0 Å². The number of benzene rings is 1. The van der Waals surface area contributed by atoms with Gasteiger partial charge >= 0.3 is 0 Å².